The molecule has 118 valence electrons. The number of likely N-dealkylation sites (N-methyl/N-ethyl adjacent to an activating group) is 1. The Bertz CT molecular complexity index is 508. The first-order valence-corrected chi connectivity index (χ1v) is 7.59. The second-order valence-electron chi connectivity index (χ2n) is 6.68. The highest BCUT2D eigenvalue weighted by atomic mass is 19.1. The van der Waals surface area contributed by atoms with Gasteiger partial charge in [0.15, 0.2) is 0 Å². The summed E-state index contributed by atoms with van der Waals surface area (Å²) >= 11 is 0. The molecule has 1 aliphatic rings. The van der Waals surface area contributed by atoms with Crippen molar-refractivity contribution < 1.29 is 13.9 Å². The molecule has 0 radical (unpaired) electrons. The van der Waals surface area contributed by atoms with Crippen LogP contribution in [0, 0.1) is 24.5 Å². The van der Waals surface area contributed by atoms with Gasteiger partial charge in [-0.2, -0.15) is 0 Å². The topological polar surface area (TPSA) is 23.5 Å². The van der Waals surface area contributed by atoms with Crippen molar-refractivity contribution in [2.75, 3.05) is 14.1 Å². The normalized spacial score (nSPS) is 27.9. The summed E-state index contributed by atoms with van der Waals surface area (Å²) in [7, 11) is 3.76. The highest BCUT2D eigenvalue weighted by Crippen LogP contribution is 2.44. The zero-order chi connectivity index (χ0) is 15.8. The Labute approximate surface area is 125 Å². The van der Waals surface area contributed by atoms with Gasteiger partial charge in [-0.1, -0.05) is 13.0 Å². The summed E-state index contributed by atoms with van der Waals surface area (Å²) in [6.45, 7) is 3.77. The molecule has 0 saturated heterocycles. The van der Waals surface area contributed by atoms with Gasteiger partial charge < -0.3 is 10.0 Å². The number of aliphatic hydroxyl groups is 1. The highest BCUT2D eigenvalue weighted by molar-refractivity contribution is 5.31. The average Bonchev–Trinajstić information content (AvgIpc) is 2.44. The predicted molar refractivity (Wildman–Crippen MR) is 80.1 cm³/mol. The fraction of sp³-hybridized carbons (Fsp3) is 0.647. The fourth-order valence-corrected chi connectivity index (χ4v) is 3.42. The van der Waals surface area contributed by atoms with Gasteiger partial charge in [-0.3, -0.25) is 0 Å². The number of nitrogens with zero attached hydrogens (tertiary/aromatic N) is 1. The number of aliphatic hydroxyl groups excluding tert-OH is 1. The Morgan fingerprint density at radius 2 is 1.81 bits per heavy atom. The van der Waals surface area contributed by atoms with Crippen molar-refractivity contribution in [1.29, 1.82) is 0 Å². The van der Waals surface area contributed by atoms with Crippen LogP contribution in [-0.4, -0.2) is 29.6 Å². The summed E-state index contributed by atoms with van der Waals surface area (Å²) in [6.07, 6.45) is 2.26. The molecular weight excluding hydrogens is 272 g/mol. The summed E-state index contributed by atoms with van der Waals surface area (Å²) in [6, 6.07) is 2.65. The molecule has 1 N–H and O–H groups in total. The lowest BCUT2D eigenvalue weighted by Crippen LogP contribution is -2.51. The molecule has 0 bridgehead atoms. The second-order valence-corrected chi connectivity index (χ2v) is 6.68. The first kappa shape index (κ1) is 16.4. The Hall–Kier alpha value is -1.00. The monoisotopic (exact) mass is 297 g/mol. The SMILES string of the molecule is Cc1ccc(F)c(C(O)C2(N(C)C)CCC(C)CC2)c1F. The van der Waals surface area contributed by atoms with E-state index < -0.39 is 23.3 Å². The van der Waals surface area contributed by atoms with Crippen LogP contribution >= 0.6 is 0 Å². The number of rotatable bonds is 3. The van der Waals surface area contributed by atoms with Gasteiger partial charge >= 0.3 is 0 Å². The van der Waals surface area contributed by atoms with Crippen LogP contribution in [0.15, 0.2) is 12.1 Å². The van der Waals surface area contributed by atoms with Gasteiger partial charge in [0.2, 0.25) is 0 Å². The lowest BCUT2D eigenvalue weighted by atomic mass is 9.71. The smallest absolute Gasteiger partial charge is 0.134 e. The van der Waals surface area contributed by atoms with Crippen LogP contribution in [0.5, 0.6) is 0 Å². The lowest BCUT2D eigenvalue weighted by molar-refractivity contribution is -0.0440. The highest BCUT2D eigenvalue weighted by Gasteiger charge is 2.45. The van der Waals surface area contributed by atoms with E-state index in [1.165, 1.54) is 12.1 Å². The molecule has 1 aliphatic carbocycles. The zero-order valence-corrected chi connectivity index (χ0v) is 13.3. The standard InChI is InChI=1S/C17H25F2NO/c1-11-7-9-17(10-8-11,20(3)4)16(21)14-13(18)6-5-12(2)15(14)19/h5-6,11,16,21H,7-10H2,1-4H3. The van der Waals surface area contributed by atoms with E-state index in [0.717, 1.165) is 25.7 Å². The van der Waals surface area contributed by atoms with Gasteiger partial charge in [0.1, 0.15) is 17.7 Å². The third-order valence-corrected chi connectivity index (χ3v) is 5.13. The number of halogens is 2. The molecule has 2 rings (SSSR count). The summed E-state index contributed by atoms with van der Waals surface area (Å²) in [5.41, 5.74) is -0.413. The van der Waals surface area contributed by atoms with Crippen LogP contribution in [0.2, 0.25) is 0 Å². The molecule has 2 nitrogen and oxygen atoms in total. The summed E-state index contributed by atoms with van der Waals surface area (Å²) in [5.74, 6) is -0.690. The van der Waals surface area contributed by atoms with Crippen molar-refractivity contribution in [3.05, 3.63) is 34.9 Å². The fourth-order valence-electron chi connectivity index (χ4n) is 3.42. The largest absolute Gasteiger partial charge is 0.386 e. The lowest BCUT2D eigenvalue weighted by Gasteiger charge is -2.47. The average molecular weight is 297 g/mol. The maximum absolute atomic E-state index is 14.4. The first-order chi connectivity index (χ1) is 9.79. The zero-order valence-electron chi connectivity index (χ0n) is 13.3. The molecule has 1 unspecified atom stereocenters. The van der Waals surface area contributed by atoms with Crippen molar-refractivity contribution in [3.63, 3.8) is 0 Å². The minimum absolute atomic E-state index is 0.182. The van der Waals surface area contributed by atoms with Crippen molar-refractivity contribution >= 4 is 0 Å². The molecule has 0 spiro atoms. The molecule has 4 heteroatoms. The van der Waals surface area contributed by atoms with Crippen LogP contribution in [-0.2, 0) is 0 Å². The van der Waals surface area contributed by atoms with Gasteiger partial charge in [-0.25, -0.2) is 8.78 Å². The summed E-state index contributed by atoms with van der Waals surface area (Å²) in [5, 5.41) is 10.8. The Morgan fingerprint density at radius 1 is 1.24 bits per heavy atom. The molecule has 1 saturated carbocycles. The molecule has 1 aromatic carbocycles. The minimum atomic E-state index is -1.15. The maximum atomic E-state index is 14.4. The molecule has 1 fully saturated rings. The van der Waals surface area contributed by atoms with E-state index in [2.05, 4.69) is 6.92 Å². The third-order valence-electron chi connectivity index (χ3n) is 5.13. The van der Waals surface area contributed by atoms with Gasteiger partial charge in [0, 0.05) is 0 Å². The molecule has 1 aromatic rings. The number of benzene rings is 1. The van der Waals surface area contributed by atoms with Crippen LogP contribution in [0.4, 0.5) is 8.78 Å². The van der Waals surface area contributed by atoms with E-state index in [1.807, 2.05) is 19.0 Å². The third kappa shape index (κ3) is 2.84. The van der Waals surface area contributed by atoms with E-state index in [0.29, 0.717) is 11.5 Å². The van der Waals surface area contributed by atoms with E-state index in [9.17, 15) is 13.9 Å². The first-order valence-electron chi connectivity index (χ1n) is 7.59. The van der Waals surface area contributed by atoms with Crippen LogP contribution in [0.1, 0.15) is 49.8 Å². The van der Waals surface area contributed by atoms with Crippen molar-refractivity contribution in [2.24, 2.45) is 5.92 Å². The molecule has 0 amide bonds. The van der Waals surface area contributed by atoms with Crippen LogP contribution in [0.25, 0.3) is 0 Å². The van der Waals surface area contributed by atoms with E-state index in [1.54, 1.807) is 6.92 Å². The van der Waals surface area contributed by atoms with Crippen LogP contribution < -0.4 is 0 Å². The minimum Gasteiger partial charge on any atom is -0.386 e. The van der Waals surface area contributed by atoms with Gasteiger partial charge in [0.05, 0.1) is 11.1 Å². The molecule has 0 aromatic heterocycles. The predicted octanol–water partition coefficient (Wildman–Crippen LogP) is 3.82. The van der Waals surface area contributed by atoms with E-state index in [-0.39, 0.29) is 5.56 Å². The molecule has 0 heterocycles. The maximum Gasteiger partial charge on any atom is 0.134 e. The van der Waals surface area contributed by atoms with Crippen molar-refractivity contribution in [1.82, 2.24) is 4.90 Å². The van der Waals surface area contributed by atoms with E-state index in [4.69, 9.17) is 0 Å². The van der Waals surface area contributed by atoms with Gasteiger partial charge in [-0.05, 0) is 64.3 Å². The molecule has 0 aliphatic heterocycles. The number of hydrogen-bond donors (Lipinski definition) is 1. The number of aryl methyl sites for hydroxylation is 1. The van der Waals surface area contributed by atoms with Crippen LogP contribution in [0.3, 0.4) is 0 Å². The molecule has 1 atom stereocenters. The Kier molecular flexibility index (Phi) is 4.69. The Balaban J connectivity index is 2.45. The van der Waals surface area contributed by atoms with Gasteiger partial charge in [-0.15, -0.1) is 0 Å². The second kappa shape index (κ2) is 6.01. The Morgan fingerprint density at radius 3 is 2.33 bits per heavy atom. The quantitative estimate of drug-likeness (QED) is 0.917. The molecule has 21 heavy (non-hydrogen) atoms. The van der Waals surface area contributed by atoms with Crippen molar-refractivity contribution in [2.45, 2.75) is 51.2 Å². The summed E-state index contributed by atoms with van der Waals surface area (Å²) < 4.78 is 28.5. The van der Waals surface area contributed by atoms with Crippen molar-refractivity contribution in [3.8, 4) is 0 Å². The van der Waals surface area contributed by atoms with E-state index >= 15 is 0 Å². The van der Waals surface area contributed by atoms with Gasteiger partial charge in [0.25, 0.3) is 0 Å². The summed E-state index contributed by atoms with van der Waals surface area (Å²) in [4.78, 5) is 1.94. The molecular formula is C17H25F2NO. The number of hydrogen-bond acceptors (Lipinski definition) is 2.